The number of anilines is 1. The minimum atomic E-state index is 0.557. The number of nitrogens with zero attached hydrogens (tertiary/aromatic N) is 1. The van der Waals surface area contributed by atoms with Crippen LogP contribution in [-0.2, 0) is 6.42 Å². The molecule has 0 spiro atoms. The zero-order chi connectivity index (χ0) is 13.8. The van der Waals surface area contributed by atoms with Crippen LogP contribution in [0.3, 0.4) is 0 Å². The van der Waals surface area contributed by atoms with Crippen LogP contribution >= 0.6 is 0 Å². The molecule has 4 nitrogen and oxygen atoms in total. The molecule has 20 heavy (non-hydrogen) atoms. The standard InChI is InChI=1S/C16H16N2O2/c1-19-14-8-4-2-6-12(14)10-11-17-16-18-13-7-3-5-9-15(13)20-16/h2-9H,10-11H2,1H3,(H,17,18). The van der Waals surface area contributed by atoms with E-state index in [9.17, 15) is 0 Å². The zero-order valence-electron chi connectivity index (χ0n) is 11.3. The molecule has 0 aliphatic carbocycles. The van der Waals surface area contributed by atoms with Crippen molar-refractivity contribution < 1.29 is 9.15 Å². The predicted molar refractivity (Wildman–Crippen MR) is 79.2 cm³/mol. The van der Waals surface area contributed by atoms with Crippen LogP contribution in [0.25, 0.3) is 11.1 Å². The average molecular weight is 268 g/mol. The maximum Gasteiger partial charge on any atom is 0.295 e. The van der Waals surface area contributed by atoms with Gasteiger partial charge in [-0.1, -0.05) is 30.3 Å². The highest BCUT2D eigenvalue weighted by Crippen LogP contribution is 2.20. The summed E-state index contributed by atoms with van der Waals surface area (Å²) in [6, 6.07) is 16.3. The Morgan fingerprint density at radius 3 is 2.75 bits per heavy atom. The Hall–Kier alpha value is -2.49. The molecule has 2 aromatic carbocycles. The molecule has 0 amide bonds. The fourth-order valence-electron chi connectivity index (χ4n) is 2.16. The quantitative estimate of drug-likeness (QED) is 0.769. The lowest BCUT2D eigenvalue weighted by atomic mass is 10.1. The highest BCUT2D eigenvalue weighted by atomic mass is 16.5. The van der Waals surface area contributed by atoms with E-state index in [1.165, 1.54) is 5.56 Å². The Balaban J connectivity index is 1.65. The van der Waals surface area contributed by atoms with Gasteiger partial charge in [-0.25, -0.2) is 0 Å². The van der Waals surface area contributed by atoms with E-state index in [1.807, 2.05) is 42.5 Å². The van der Waals surface area contributed by atoms with Crippen LogP contribution in [0.2, 0.25) is 0 Å². The van der Waals surface area contributed by atoms with Crippen LogP contribution in [0.15, 0.2) is 52.9 Å². The lowest BCUT2D eigenvalue weighted by Gasteiger charge is -2.07. The summed E-state index contributed by atoms with van der Waals surface area (Å²) in [5, 5.41) is 3.20. The fourth-order valence-corrected chi connectivity index (χ4v) is 2.16. The fraction of sp³-hybridized carbons (Fsp3) is 0.188. The van der Waals surface area contributed by atoms with Gasteiger partial charge in [0.2, 0.25) is 0 Å². The van der Waals surface area contributed by atoms with Crippen molar-refractivity contribution in [3.8, 4) is 5.75 Å². The van der Waals surface area contributed by atoms with E-state index in [2.05, 4.69) is 16.4 Å². The molecular weight excluding hydrogens is 252 g/mol. The van der Waals surface area contributed by atoms with Crippen LogP contribution in [0, 0.1) is 0 Å². The van der Waals surface area contributed by atoms with E-state index >= 15 is 0 Å². The van der Waals surface area contributed by atoms with E-state index in [0.29, 0.717) is 6.01 Å². The van der Waals surface area contributed by atoms with Gasteiger partial charge in [-0.15, -0.1) is 0 Å². The van der Waals surface area contributed by atoms with Crippen molar-refractivity contribution in [2.24, 2.45) is 0 Å². The summed E-state index contributed by atoms with van der Waals surface area (Å²) < 4.78 is 10.9. The second kappa shape index (κ2) is 5.65. The molecule has 0 bridgehead atoms. The number of ether oxygens (including phenoxy) is 1. The molecule has 0 saturated heterocycles. The summed E-state index contributed by atoms with van der Waals surface area (Å²) in [6.07, 6.45) is 0.850. The topological polar surface area (TPSA) is 47.3 Å². The molecular formula is C16H16N2O2. The molecule has 0 aliphatic rings. The van der Waals surface area contributed by atoms with Crippen molar-refractivity contribution in [1.29, 1.82) is 0 Å². The number of benzene rings is 2. The van der Waals surface area contributed by atoms with E-state index < -0.39 is 0 Å². The number of hydrogen-bond donors (Lipinski definition) is 1. The van der Waals surface area contributed by atoms with Crippen molar-refractivity contribution in [3.05, 3.63) is 54.1 Å². The molecule has 0 aliphatic heterocycles. The first-order valence-electron chi connectivity index (χ1n) is 6.58. The predicted octanol–water partition coefficient (Wildman–Crippen LogP) is 3.49. The second-order valence-electron chi connectivity index (χ2n) is 4.48. The molecule has 1 heterocycles. The second-order valence-corrected chi connectivity index (χ2v) is 4.48. The number of hydrogen-bond acceptors (Lipinski definition) is 4. The first-order valence-corrected chi connectivity index (χ1v) is 6.58. The van der Waals surface area contributed by atoms with Crippen molar-refractivity contribution in [1.82, 2.24) is 4.98 Å². The van der Waals surface area contributed by atoms with Gasteiger partial charge in [0.05, 0.1) is 7.11 Å². The number of nitrogens with one attached hydrogen (secondary N) is 1. The zero-order valence-corrected chi connectivity index (χ0v) is 11.3. The SMILES string of the molecule is COc1ccccc1CCNc1nc2ccccc2o1. The molecule has 102 valence electrons. The summed E-state index contributed by atoms with van der Waals surface area (Å²) in [5.41, 5.74) is 2.83. The summed E-state index contributed by atoms with van der Waals surface area (Å²) in [7, 11) is 1.69. The van der Waals surface area contributed by atoms with Crippen LogP contribution in [0.5, 0.6) is 5.75 Å². The third kappa shape index (κ3) is 2.59. The Morgan fingerprint density at radius 1 is 1.10 bits per heavy atom. The summed E-state index contributed by atoms with van der Waals surface area (Å²) >= 11 is 0. The summed E-state index contributed by atoms with van der Waals surface area (Å²) in [5.74, 6) is 0.909. The third-order valence-electron chi connectivity index (χ3n) is 3.16. The van der Waals surface area contributed by atoms with Gasteiger partial charge in [0.1, 0.15) is 11.3 Å². The number of fused-ring (bicyclic) bond motifs is 1. The minimum absolute atomic E-state index is 0.557. The number of methoxy groups -OCH3 is 1. The van der Waals surface area contributed by atoms with Crippen LogP contribution < -0.4 is 10.1 Å². The largest absolute Gasteiger partial charge is 0.496 e. The Bertz CT molecular complexity index is 673. The third-order valence-corrected chi connectivity index (χ3v) is 3.16. The molecule has 0 atom stereocenters. The van der Waals surface area contributed by atoms with Crippen molar-refractivity contribution in [2.45, 2.75) is 6.42 Å². The molecule has 1 aromatic heterocycles. The van der Waals surface area contributed by atoms with Gasteiger partial charge in [0.25, 0.3) is 6.01 Å². The Morgan fingerprint density at radius 2 is 1.90 bits per heavy atom. The summed E-state index contributed by atoms with van der Waals surface area (Å²) in [6.45, 7) is 0.743. The highest BCUT2D eigenvalue weighted by Gasteiger charge is 2.05. The molecule has 3 aromatic rings. The first kappa shape index (κ1) is 12.5. The normalized spacial score (nSPS) is 10.7. The van der Waals surface area contributed by atoms with Crippen molar-refractivity contribution in [2.75, 3.05) is 19.0 Å². The highest BCUT2D eigenvalue weighted by molar-refractivity contribution is 5.74. The van der Waals surface area contributed by atoms with Crippen LogP contribution in [-0.4, -0.2) is 18.6 Å². The van der Waals surface area contributed by atoms with Crippen molar-refractivity contribution in [3.63, 3.8) is 0 Å². The average Bonchev–Trinajstić information content (AvgIpc) is 2.90. The maximum atomic E-state index is 5.61. The van der Waals surface area contributed by atoms with Crippen LogP contribution in [0.1, 0.15) is 5.56 Å². The molecule has 0 radical (unpaired) electrons. The van der Waals surface area contributed by atoms with Gasteiger partial charge in [-0.3, -0.25) is 0 Å². The number of rotatable bonds is 5. The lowest BCUT2D eigenvalue weighted by molar-refractivity contribution is 0.410. The number of para-hydroxylation sites is 3. The lowest BCUT2D eigenvalue weighted by Crippen LogP contribution is -2.05. The van der Waals surface area contributed by atoms with E-state index in [1.54, 1.807) is 7.11 Å². The van der Waals surface area contributed by atoms with Gasteiger partial charge < -0.3 is 14.5 Å². The maximum absolute atomic E-state index is 5.61. The molecule has 4 heteroatoms. The number of aromatic nitrogens is 1. The van der Waals surface area contributed by atoms with E-state index in [-0.39, 0.29) is 0 Å². The molecule has 1 N–H and O–H groups in total. The van der Waals surface area contributed by atoms with E-state index in [0.717, 1.165) is 29.8 Å². The molecule has 0 fully saturated rings. The van der Waals surface area contributed by atoms with Gasteiger partial charge in [0, 0.05) is 6.54 Å². The Labute approximate surface area is 117 Å². The first-order chi connectivity index (χ1) is 9.86. The molecule has 0 unspecified atom stereocenters. The molecule has 0 saturated carbocycles. The van der Waals surface area contributed by atoms with E-state index in [4.69, 9.17) is 9.15 Å². The van der Waals surface area contributed by atoms with Crippen molar-refractivity contribution >= 4 is 17.1 Å². The Kier molecular flexibility index (Phi) is 3.54. The van der Waals surface area contributed by atoms with Crippen LogP contribution in [0.4, 0.5) is 6.01 Å². The monoisotopic (exact) mass is 268 g/mol. The smallest absolute Gasteiger partial charge is 0.295 e. The van der Waals surface area contributed by atoms with Gasteiger partial charge in [0.15, 0.2) is 5.58 Å². The van der Waals surface area contributed by atoms with Gasteiger partial charge in [-0.2, -0.15) is 4.98 Å². The minimum Gasteiger partial charge on any atom is -0.496 e. The summed E-state index contributed by atoms with van der Waals surface area (Å²) in [4.78, 5) is 4.38. The number of oxazole rings is 1. The van der Waals surface area contributed by atoms with Gasteiger partial charge in [-0.05, 0) is 30.2 Å². The van der Waals surface area contributed by atoms with Gasteiger partial charge >= 0.3 is 0 Å². The molecule has 3 rings (SSSR count).